The van der Waals surface area contributed by atoms with Crippen molar-refractivity contribution >= 4 is 6.03 Å². The molecule has 0 aromatic heterocycles. The van der Waals surface area contributed by atoms with Crippen LogP contribution in [-0.2, 0) is 6.42 Å². The summed E-state index contributed by atoms with van der Waals surface area (Å²) in [5, 5.41) is 2.87. The molecule has 0 fully saturated rings. The number of hydrogen-bond donors (Lipinski definition) is 1. The van der Waals surface area contributed by atoms with Gasteiger partial charge in [-0.2, -0.15) is 0 Å². The lowest BCUT2D eigenvalue weighted by Crippen LogP contribution is -2.42. The maximum absolute atomic E-state index is 12.7. The molecule has 2 amide bonds. The molecule has 0 aliphatic rings. The highest BCUT2D eigenvalue weighted by molar-refractivity contribution is 5.74. The first-order valence-corrected chi connectivity index (χ1v) is 5.90. The average Bonchev–Trinajstić information content (AvgIpc) is 2.32. The smallest absolute Gasteiger partial charge is 0.317 e. The number of amides is 2. The van der Waals surface area contributed by atoms with E-state index in [2.05, 4.69) is 11.9 Å². The number of rotatable bonds is 5. The number of carbonyl (C=O) groups excluding carboxylic acids is 1. The van der Waals surface area contributed by atoms with Crippen LogP contribution in [0, 0.1) is 5.82 Å². The van der Waals surface area contributed by atoms with Gasteiger partial charge in [0.15, 0.2) is 0 Å². The van der Waals surface area contributed by atoms with Crippen molar-refractivity contribution in [2.45, 2.75) is 19.4 Å². The summed E-state index contributed by atoms with van der Waals surface area (Å²) in [4.78, 5) is 13.2. The lowest BCUT2D eigenvalue weighted by Gasteiger charge is -2.20. The van der Waals surface area contributed by atoms with Gasteiger partial charge >= 0.3 is 6.03 Å². The van der Waals surface area contributed by atoms with Crippen LogP contribution in [-0.4, -0.2) is 30.6 Å². The van der Waals surface area contributed by atoms with Crippen molar-refractivity contribution in [1.82, 2.24) is 10.2 Å². The van der Waals surface area contributed by atoms with Crippen LogP contribution in [0.15, 0.2) is 36.9 Å². The number of hydrogen-bond acceptors (Lipinski definition) is 1. The molecule has 0 aliphatic carbocycles. The van der Waals surface area contributed by atoms with Crippen LogP contribution in [0.3, 0.4) is 0 Å². The van der Waals surface area contributed by atoms with Gasteiger partial charge in [0.25, 0.3) is 0 Å². The van der Waals surface area contributed by atoms with Gasteiger partial charge in [0.1, 0.15) is 5.82 Å². The number of halogens is 1. The quantitative estimate of drug-likeness (QED) is 0.800. The second-order valence-electron chi connectivity index (χ2n) is 4.35. The van der Waals surface area contributed by atoms with Crippen molar-refractivity contribution in [2.24, 2.45) is 0 Å². The fraction of sp³-hybridized carbons (Fsp3) is 0.357. The first-order chi connectivity index (χ1) is 8.52. The highest BCUT2D eigenvalue weighted by Crippen LogP contribution is 2.05. The molecule has 0 spiro atoms. The Kier molecular flexibility index (Phi) is 5.36. The summed E-state index contributed by atoms with van der Waals surface area (Å²) < 4.78 is 12.7. The fourth-order valence-corrected chi connectivity index (χ4v) is 1.62. The van der Waals surface area contributed by atoms with E-state index in [9.17, 15) is 9.18 Å². The maximum atomic E-state index is 12.7. The minimum atomic E-state index is -0.249. The van der Waals surface area contributed by atoms with Gasteiger partial charge in [0.05, 0.1) is 0 Å². The van der Waals surface area contributed by atoms with E-state index in [1.807, 2.05) is 6.92 Å². The van der Waals surface area contributed by atoms with Crippen molar-refractivity contribution in [1.29, 1.82) is 0 Å². The molecule has 0 saturated carbocycles. The maximum Gasteiger partial charge on any atom is 0.317 e. The fourth-order valence-electron chi connectivity index (χ4n) is 1.62. The van der Waals surface area contributed by atoms with Crippen molar-refractivity contribution in [3.05, 3.63) is 48.3 Å². The third kappa shape index (κ3) is 4.57. The molecule has 1 atom stereocenters. The number of urea groups is 1. The lowest BCUT2D eigenvalue weighted by molar-refractivity contribution is 0.209. The topological polar surface area (TPSA) is 32.3 Å². The molecule has 0 unspecified atom stereocenters. The Morgan fingerprint density at radius 3 is 2.67 bits per heavy atom. The summed E-state index contributed by atoms with van der Waals surface area (Å²) in [6, 6.07) is 6.16. The van der Waals surface area contributed by atoms with Crippen LogP contribution in [0.5, 0.6) is 0 Å². The summed E-state index contributed by atoms with van der Waals surface area (Å²) in [5.74, 6) is -0.249. The Morgan fingerprint density at radius 2 is 2.11 bits per heavy atom. The average molecular weight is 250 g/mol. The Labute approximate surface area is 107 Å². The molecule has 0 saturated heterocycles. The Bertz CT molecular complexity index is 403. The van der Waals surface area contributed by atoms with E-state index < -0.39 is 0 Å². The second-order valence-corrected chi connectivity index (χ2v) is 4.35. The SMILES string of the molecule is C=CCN(C)C(=O)N[C@H](C)Cc1ccc(F)cc1. The monoisotopic (exact) mass is 250 g/mol. The summed E-state index contributed by atoms with van der Waals surface area (Å²) in [6.07, 6.45) is 2.35. The molecule has 0 heterocycles. The van der Waals surface area contributed by atoms with Crippen LogP contribution in [0.2, 0.25) is 0 Å². The number of benzene rings is 1. The normalized spacial score (nSPS) is 11.7. The van der Waals surface area contributed by atoms with E-state index in [4.69, 9.17) is 0 Å². The summed E-state index contributed by atoms with van der Waals surface area (Å²) in [6.45, 7) is 6.01. The Balaban J connectivity index is 2.46. The molecule has 1 N–H and O–H groups in total. The number of likely N-dealkylation sites (N-methyl/N-ethyl adjacent to an activating group) is 1. The van der Waals surface area contributed by atoms with E-state index in [-0.39, 0.29) is 17.9 Å². The molecular weight excluding hydrogens is 231 g/mol. The minimum absolute atomic E-state index is 0.00442. The van der Waals surface area contributed by atoms with Crippen LogP contribution < -0.4 is 5.32 Å². The predicted octanol–water partition coefficient (Wildman–Crippen LogP) is 2.58. The molecule has 3 nitrogen and oxygen atoms in total. The number of carbonyl (C=O) groups is 1. The standard InChI is InChI=1S/C14H19FN2O/c1-4-9-17(3)14(18)16-11(2)10-12-5-7-13(15)8-6-12/h4-8,11H,1,9-10H2,2-3H3,(H,16,18)/t11-/m1/s1. The largest absolute Gasteiger partial charge is 0.335 e. The van der Waals surface area contributed by atoms with Crippen LogP contribution in [0.4, 0.5) is 9.18 Å². The molecular formula is C14H19FN2O. The van der Waals surface area contributed by atoms with Crippen molar-refractivity contribution in [3.8, 4) is 0 Å². The molecule has 1 aromatic rings. The minimum Gasteiger partial charge on any atom is -0.335 e. The van der Waals surface area contributed by atoms with E-state index in [1.54, 1.807) is 30.2 Å². The third-order valence-electron chi connectivity index (χ3n) is 2.57. The predicted molar refractivity (Wildman–Crippen MR) is 70.9 cm³/mol. The Morgan fingerprint density at radius 1 is 1.50 bits per heavy atom. The van der Waals surface area contributed by atoms with Crippen molar-refractivity contribution in [2.75, 3.05) is 13.6 Å². The summed E-state index contributed by atoms with van der Waals surface area (Å²) in [7, 11) is 1.71. The van der Waals surface area contributed by atoms with E-state index in [1.165, 1.54) is 12.1 Å². The molecule has 0 bridgehead atoms. The van der Waals surface area contributed by atoms with Gasteiger partial charge in [-0.3, -0.25) is 0 Å². The van der Waals surface area contributed by atoms with Gasteiger partial charge in [-0.1, -0.05) is 18.2 Å². The molecule has 98 valence electrons. The van der Waals surface area contributed by atoms with Gasteiger partial charge in [-0.15, -0.1) is 6.58 Å². The van der Waals surface area contributed by atoms with Crippen molar-refractivity contribution < 1.29 is 9.18 Å². The highest BCUT2D eigenvalue weighted by atomic mass is 19.1. The molecule has 0 aliphatic heterocycles. The van der Waals surface area contributed by atoms with E-state index >= 15 is 0 Å². The van der Waals surface area contributed by atoms with E-state index in [0.29, 0.717) is 13.0 Å². The van der Waals surface area contributed by atoms with Gasteiger partial charge in [0.2, 0.25) is 0 Å². The van der Waals surface area contributed by atoms with Gasteiger partial charge in [0, 0.05) is 19.6 Å². The molecule has 1 rings (SSSR count). The Hall–Kier alpha value is -1.84. The molecule has 1 aromatic carbocycles. The summed E-state index contributed by atoms with van der Waals surface area (Å²) in [5.41, 5.74) is 0.996. The van der Waals surface area contributed by atoms with Crippen LogP contribution >= 0.6 is 0 Å². The van der Waals surface area contributed by atoms with Gasteiger partial charge in [-0.05, 0) is 31.0 Å². The zero-order valence-electron chi connectivity index (χ0n) is 10.8. The zero-order valence-corrected chi connectivity index (χ0v) is 10.8. The first-order valence-electron chi connectivity index (χ1n) is 5.90. The zero-order chi connectivity index (χ0) is 13.5. The number of nitrogens with zero attached hydrogens (tertiary/aromatic N) is 1. The van der Waals surface area contributed by atoms with Crippen LogP contribution in [0.1, 0.15) is 12.5 Å². The lowest BCUT2D eigenvalue weighted by atomic mass is 10.1. The molecule has 0 radical (unpaired) electrons. The first kappa shape index (κ1) is 14.2. The van der Waals surface area contributed by atoms with Gasteiger partial charge < -0.3 is 10.2 Å². The second kappa shape index (κ2) is 6.79. The molecule has 4 heteroatoms. The number of nitrogens with one attached hydrogen (secondary N) is 1. The highest BCUT2D eigenvalue weighted by Gasteiger charge is 2.11. The summed E-state index contributed by atoms with van der Waals surface area (Å²) >= 11 is 0. The van der Waals surface area contributed by atoms with Gasteiger partial charge in [-0.25, -0.2) is 9.18 Å². The van der Waals surface area contributed by atoms with Crippen molar-refractivity contribution in [3.63, 3.8) is 0 Å². The van der Waals surface area contributed by atoms with E-state index in [0.717, 1.165) is 5.56 Å². The third-order valence-corrected chi connectivity index (χ3v) is 2.57. The van der Waals surface area contributed by atoms with Crippen LogP contribution in [0.25, 0.3) is 0 Å². The molecule has 18 heavy (non-hydrogen) atoms.